The van der Waals surface area contributed by atoms with Crippen molar-refractivity contribution in [3.05, 3.63) is 0 Å². The number of rotatable bonds is 7. The van der Waals surface area contributed by atoms with Gasteiger partial charge in [0.25, 0.3) is 0 Å². The smallest absolute Gasteiger partial charge is 0.319 e. The summed E-state index contributed by atoms with van der Waals surface area (Å²) >= 11 is 0. The number of nitrogens with zero attached hydrogens (tertiary/aromatic N) is 1. The first-order valence-corrected chi connectivity index (χ1v) is 5.58. The zero-order valence-corrected chi connectivity index (χ0v) is 10.6. The van der Waals surface area contributed by atoms with Crippen LogP contribution in [0.4, 0.5) is 0 Å². The molecule has 0 radical (unpaired) electrons. The number of esters is 1. The van der Waals surface area contributed by atoms with Gasteiger partial charge in [-0.1, -0.05) is 13.8 Å². The van der Waals surface area contributed by atoms with Gasteiger partial charge in [0.1, 0.15) is 0 Å². The first-order chi connectivity index (χ1) is 7.53. The summed E-state index contributed by atoms with van der Waals surface area (Å²) in [6.07, 6.45) is 1.84. The summed E-state index contributed by atoms with van der Waals surface area (Å²) in [5.41, 5.74) is 0. The minimum atomic E-state index is -0.335. The molecule has 0 saturated heterocycles. The van der Waals surface area contributed by atoms with Gasteiger partial charge in [0, 0.05) is 6.04 Å². The first-order valence-electron chi connectivity index (χ1n) is 5.58. The Kier molecular flexibility index (Phi) is 7.54. The normalized spacial score (nSPS) is 10.6. The molecule has 0 aromatic heterocycles. The summed E-state index contributed by atoms with van der Waals surface area (Å²) < 4.78 is 4.51. The number of methoxy groups -OCH3 is 1. The summed E-state index contributed by atoms with van der Waals surface area (Å²) in [5.74, 6) is -0.391. The van der Waals surface area contributed by atoms with Crippen molar-refractivity contribution in [1.82, 2.24) is 10.2 Å². The topological polar surface area (TPSA) is 58.6 Å². The number of nitrogens with one attached hydrogen (secondary N) is 1. The molecule has 5 nitrogen and oxygen atoms in total. The van der Waals surface area contributed by atoms with E-state index in [1.165, 1.54) is 7.11 Å². The van der Waals surface area contributed by atoms with E-state index >= 15 is 0 Å². The second-order valence-electron chi connectivity index (χ2n) is 3.83. The molecule has 0 aliphatic carbocycles. The second kappa shape index (κ2) is 8.10. The van der Waals surface area contributed by atoms with Crippen molar-refractivity contribution in [3.8, 4) is 0 Å². The maximum absolute atomic E-state index is 11.5. The standard InChI is InChI=1S/C11H22N2O3/c1-5-9(6-2)12-10(14)7-13(3)8-11(15)16-4/h9H,5-8H2,1-4H3,(H,12,14). The van der Waals surface area contributed by atoms with E-state index in [0.29, 0.717) is 0 Å². The molecule has 5 heteroatoms. The minimum Gasteiger partial charge on any atom is -0.468 e. The molecular formula is C11H22N2O3. The van der Waals surface area contributed by atoms with Gasteiger partial charge in [-0.3, -0.25) is 14.5 Å². The average molecular weight is 230 g/mol. The van der Waals surface area contributed by atoms with Gasteiger partial charge in [0.05, 0.1) is 20.2 Å². The second-order valence-corrected chi connectivity index (χ2v) is 3.83. The minimum absolute atomic E-state index is 0.0555. The molecule has 0 fully saturated rings. The number of carbonyl (C=O) groups excluding carboxylic acids is 2. The van der Waals surface area contributed by atoms with E-state index in [0.717, 1.165) is 12.8 Å². The molecule has 0 saturated carbocycles. The first kappa shape index (κ1) is 14.9. The molecule has 0 aromatic rings. The van der Waals surface area contributed by atoms with Gasteiger partial charge in [-0.2, -0.15) is 0 Å². The van der Waals surface area contributed by atoms with Crippen molar-refractivity contribution in [1.29, 1.82) is 0 Å². The highest BCUT2D eigenvalue weighted by atomic mass is 16.5. The van der Waals surface area contributed by atoms with Crippen LogP contribution in [0.15, 0.2) is 0 Å². The lowest BCUT2D eigenvalue weighted by molar-refractivity contribution is -0.141. The van der Waals surface area contributed by atoms with Crippen LogP contribution >= 0.6 is 0 Å². The molecule has 0 unspecified atom stereocenters. The Hall–Kier alpha value is -1.10. The molecule has 1 amide bonds. The maximum Gasteiger partial charge on any atom is 0.319 e. The molecule has 0 aliphatic rings. The van der Waals surface area contributed by atoms with Crippen molar-refractivity contribution >= 4 is 11.9 Å². The van der Waals surface area contributed by atoms with E-state index in [1.807, 2.05) is 13.8 Å². The van der Waals surface area contributed by atoms with E-state index in [-0.39, 0.29) is 31.0 Å². The summed E-state index contributed by atoms with van der Waals surface area (Å²) in [4.78, 5) is 24.1. The third-order valence-corrected chi connectivity index (χ3v) is 2.39. The molecule has 0 bridgehead atoms. The van der Waals surface area contributed by atoms with Crippen LogP contribution in [0.1, 0.15) is 26.7 Å². The third kappa shape index (κ3) is 6.40. The summed E-state index contributed by atoms with van der Waals surface area (Å²) in [7, 11) is 3.05. The van der Waals surface area contributed by atoms with Gasteiger partial charge in [0.15, 0.2) is 0 Å². The highest BCUT2D eigenvalue weighted by Gasteiger charge is 2.12. The quantitative estimate of drug-likeness (QED) is 0.643. The van der Waals surface area contributed by atoms with E-state index < -0.39 is 0 Å². The van der Waals surface area contributed by atoms with Crippen LogP contribution < -0.4 is 5.32 Å². The summed E-state index contributed by atoms with van der Waals surface area (Å²) in [6, 6.07) is 0.221. The number of carbonyl (C=O) groups is 2. The van der Waals surface area contributed by atoms with Gasteiger partial charge < -0.3 is 10.1 Å². The fourth-order valence-corrected chi connectivity index (χ4v) is 1.35. The maximum atomic E-state index is 11.5. The Morgan fingerprint density at radius 2 is 1.81 bits per heavy atom. The van der Waals surface area contributed by atoms with Crippen LogP contribution in [0.5, 0.6) is 0 Å². The lowest BCUT2D eigenvalue weighted by atomic mass is 10.2. The van der Waals surface area contributed by atoms with Crippen LogP contribution in [-0.4, -0.2) is 50.1 Å². The van der Waals surface area contributed by atoms with Crippen molar-refractivity contribution in [2.75, 3.05) is 27.2 Å². The van der Waals surface area contributed by atoms with Gasteiger partial charge in [0.2, 0.25) is 5.91 Å². The Morgan fingerprint density at radius 3 is 2.25 bits per heavy atom. The molecule has 94 valence electrons. The van der Waals surface area contributed by atoms with Crippen LogP contribution in [-0.2, 0) is 14.3 Å². The summed E-state index contributed by atoms with van der Waals surface area (Å²) in [6.45, 7) is 4.41. The zero-order valence-electron chi connectivity index (χ0n) is 10.6. The Bertz CT molecular complexity index is 227. The fraction of sp³-hybridized carbons (Fsp3) is 0.818. The fourth-order valence-electron chi connectivity index (χ4n) is 1.35. The monoisotopic (exact) mass is 230 g/mol. The number of hydrogen-bond donors (Lipinski definition) is 1. The SMILES string of the molecule is CCC(CC)NC(=O)CN(C)CC(=O)OC. The van der Waals surface area contributed by atoms with Crippen molar-refractivity contribution in [3.63, 3.8) is 0 Å². The van der Waals surface area contributed by atoms with E-state index in [2.05, 4.69) is 10.1 Å². The molecule has 1 N–H and O–H groups in total. The van der Waals surface area contributed by atoms with Gasteiger partial charge in [-0.25, -0.2) is 0 Å². The van der Waals surface area contributed by atoms with Crippen molar-refractivity contribution in [2.45, 2.75) is 32.7 Å². The van der Waals surface area contributed by atoms with Crippen LogP contribution in [0.2, 0.25) is 0 Å². The highest BCUT2D eigenvalue weighted by molar-refractivity contribution is 5.79. The van der Waals surface area contributed by atoms with Gasteiger partial charge in [-0.05, 0) is 19.9 Å². The van der Waals surface area contributed by atoms with E-state index in [4.69, 9.17) is 0 Å². The molecule has 0 atom stereocenters. The van der Waals surface area contributed by atoms with E-state index in [9.17, 15) is 9.59 Å². The molecule has 0 spiro atoms. The number of hydrogen-bond acceptors (Lipinski definition) is 4. The van der Waals surface area contributed by atoms with Crippen molar-refractivity contribution < 1.29 is 14.3 Å². The number of likely N-dealkylation sites (N-methyl/N-ethyl adjacent to an activating group) is 1. The molecule has 0 rings (SSSR count). The number of amides is 1. The molecule has 0 heterocycles. The van der Waals surface area contributed by atoms with Crippen LogP contribution in [0.25, 0.3) is 0 Å². The number of ether oxygens (including phenoxy) is 1. The zero-order chi connectivity index (χ0) is 12.6. The highest BCUT2D eigenvalue weighted by Crippen LogP contribution is 1.96. The van der Waals surface area contributed by atoms with Crippen LogP contribution in [0, 0.1) is 0 Å². The van der Waals surface area contributed by atoms with Gasteiger partial charge in [-0.15, -0.1) is 0 Å². The van der Waals surface area contributed by atoms with E-state index in [1.54, 1.807) is 11.9 Å². The largest absolute Gasteiger partial charge is 0.468 e. The third-order valence-electron chi connectivity index (χ3n) is 2.39. The van der Waals surface area contributed by atoms with Gasteiger partial charge >= 0.3 is 5.97 Å². The Balaban J connectivity index is 3.90. The molecule has 0 aromatic carbocycles. The van der Waals surface area contributed by atoms with Crippen molar-refractivity contribution in [2.24, 2.45) is 0 Å². The Morgan fingerprint density at radius 1 is 1.25 bits per heavy atom. The lowest BCUT2D eigenvalue weighted by Crippen LogP contribution is -2.41. The predicted molar refractivity (Wildman–Crippen MR) is 62.0 cm³/mol. The average Bonchev–Trinajstić information content (AvgIpc) is 2.25. The lowest BCUT2D eigenvalue weighted by Gasteiger charge is -2.18. The predicted octanol–water partition coefficient (Wildman–Crippen LogP) is 0.396. The summed E-state index contributed by atoms with van der Waals surface area (Å²) in [5, 5.41) is 2.91. The molecular weight excluding hydrogens is 208 g/mol. The van der Waals surface area contributed by atoms with Crippen LogP contribution in [0.3, 0.4) is 0 Å². The Labute approximate surface area is 97.1 Å². The molecule has 0 aliphatic heterocycles. The molecule has 16 heavy (non-hydrogen) atoms.